The molecule has 4 aromatic rings. The molecule has 4 heterocycles. The van der Waals surface area contributed by atoms with Crippen LogP contribution in [-0.4, -0.2) is 44.4 Å². The summed E-state index contributed by atoms with van der Waals surface area (Å²) in [4.78, 5) is 25.3. The largest absolute Gasteiger partial charge is 0.397 e. The van der Waals surface area contributed by atoms with Gasteiger partial charge in [-0.05, 0) is 18.2 Å². The van der Waals surface area contributed by atoms with Crippen LogP contribution in [-0.2, 0) is 0 Å². The van der Waals surface area contributed by atoms with Crippen LogP contribution < -0.4 is 5.73 Å². The monoisotopic (exact) mass is 352 g/mol. The fraction of sp³-hybridized carbons (Fsp3) is 0. The maximum absolute atomic E-state index is 10.3. The van der Waals surface area contributed by atoms with Crippen LogP contribution in [0.2, 0.25) is 0 Å². The zero-order chi connectivity index (χ0) is 18.4. The average molecular weight is 352 g/mol. The van der Waals surface area contributed by atoms with Crippen molar-refractivity contribution in [3.63, 3.8) is 0 Å². The van der Waals surface area contributed by atoms with E-state index in [1.807, 2.05) is 0 Å². The number of hydrogen-bond donors (Lipinski definition) is 1. The summed E-state index contributed by atoms with van der Waals surface area (Å²) in [7, 11) is 0. The molecule has 0 aliphatic heterocycles. The molecule has 26 heavy (non-hydrogen) atoms. The highest BCUT2D eigenvalue weighted by Crippen LogP contribution is 2.10. The number of nitrogen functional groups attached to an aromatic ring is 1. The topological polar surface area (TPSA) is 156 Å². The van der Waals surface area contributed by atoms with Crippen molar-refractivity contribution in [1.82, 2.24) is 39.5 Å². The van der Waals surface area contributed by atoms with Gasteiger partial charge in [0.05, 0.1) is 16.8 Å². The van der Waals surface area contributed by atoms with Gasteiger partial charge < -0.3 is 5.73 Å². The minimum Gasteiger partial charge on any atom is -0.397 e. The number of aromatic nitrogens is 8. The highest BCUT2D eigenvalue weighted by Gasteiger charge is 2.05. The van der Waals surface area contributed by atoms with Gasteiger partial charge in [0.1, 0.15) is 31.5 Å². The fourth-order valence-electron chi connectivity index (χ4n) is 1.81. The van der Waals surface area contributed by atoms with E-state index in [1.54, 1.807) is 29.3 Å². The normalized spacial score (nSPS) is 10.0. The minimum absolute atomic E-state index is 0.0473. The Hall–Kier alpha value is -4.22. The molecule has 4 rings (SSSR count). The molecule has 130 valence electrons. The first-order valence-corrected chi connectivity index (χ1v) is 7.15. The lowest BCUT2D eigenvalue weighted by Gasteiger charge is -1.97. The summed E-state index contributed by atoms with van der Waals surface area (Å²) < 4.78 is 2.99. The molecule has 0 saturated carbocycles. The second-order valence-corrected chi connectivity index (χ2v) is 4.76. The van der Waals surface area contributed by atoms with Gasteiger partial charge in [-0.2, -0.15) is 10.2 Å². The molecule has 0 bridgehead atoms. The van der Waals surface area contributed by atoms with Gasteiger partial charge in [0.2, 0.25) is 0 Å². The van der Waals surface area contributed by atoms with E-state index in [2.05, 4.69) is 30.1 Å². The van der Waals surface area contributed by atoms with Crippen LogP contribution in [0.4, 0.5) is 11.4 Å². The summed E-state index contributed by atoms with van der Waals surface area (Å²) in [6, 6.07) is 6.42. The van der Waals surface area contributed by atoms with E-state index in [1.165, 1.54) is 42.0 Å². The van der Waals surface area contributed by atoms with Crippen molar-refractivity contribution >= 4 is 11.4 Å². The van der Waals surface area contributed by atoms with Gasteiger partial charge in [0, 0.05) is 6.07 Å². The standard InChI is InChI=1S/C7H5N5O2.C7H7N5/c13-12(14)6-1-2-7(9-3-6)11-5-8-4-10-11;8-6-1-2-7(10-3-6)12-5-9-4-11-12/h1-5H;1-5H,8H2. The molecule has 0 radical (unpaired) electrons. The van der Waals surface area contributed by atoms with Gasteiger partial charge in [0.25, 0.3) is 5.69 Å². The summed E-state index contributed by atoms with van der Waals surface area (Å²) in [6.07, 6.45) is 8.63. The van der Waals surface area contributed by atoms with Gasteiger partial charge in [-0.15, -0.1) is 0 Å². The van der Waals surface area contributed by atoms with Crippen LogP contribution in [0.25, 0.3) is 11.6 Å². The van der Waals surface area contributed by atoms with Gasteiger partial charge in [0.15, 0.2) is 11.6 Å². The Labute approximate surface area is 146 Å². The van der Waals surface area contributed by atoms with Crippen LogP contribution in [0.15, 0.2) is 62.0 Å². The molecule has 0 saturated heterocycles. The molecule has 0 aliphatic rings. The second kappa shape index (κ2) is 7.57. The summed E-state index contributed by atoms with van der Waals surface area (Å²) in [5, 5.41) is 18.1. The van der Waals surface area contributed by atoms with Crippen LogP contribution in [0.5, 0.6) is 0 Å². The quantitative estimate of drug-likeness (QED) is 0.416. The lowest BCUT2D eigenvalue weighted by molar-refractivity contribution is -0.385. The Kier molecular flexibility index (Phi) is 4.84. The van der Waals surface area contributed by atoms with Crippen molar-refractivity contribution in [2.75, 3.05) is 5.73 Å². The van der Waals surface area contributed by atoms with Crippen molar-refractivity contribution in [2.45, 2.75) is 0 Å². The lowest BCUT2D eigenvalue weighted by atomic mass is 10.4. The second-order valence-electron chi connectivity index (χ2n) is 4.76. The van der Waals surface area contributed by atoms with Gasteiger partial charge in [-0.3, -0.25) is 10.1 Å². The first-order valence-electron chi connectivity index (χ1n) is 7.15. The Bertz CT molecular complexity index is 950. The molecule has 0 fully saturated rings. The molecule has 0 unspecified atom stereocenters. The van der Waals surface area contributed by atoms with E-state index in [9.17, 15) is 10.1 Å². The van der Waals surface area contributed by atoms with E-state index < -0.39 is 4.92 Å². The lowest BCUT2D eigenvalue weighted by Crippen LogP contribution is -1.98. The van der Waals surface area contributed by atoms with Crippen LogP contribution in [0, 0.1) is 10.1 Å². The minimum atomic E-state index is -0.502. The predicted molar refractivity (Wildman–Crippen MR) is 89.4 cm³/mol. The molecule has 0 aliphatic carbocycles. The third-order valence-electron chi connectivity index (χ3n) is 3.02. The molecule has 2 N–H and O–H groups in total. The zero-order valence-corrected chi connectivity index (χ0v) is 13.2. The molecular weight excluding hydrogens is 340 g/mol. The highest BCUT2D eigenvalue weighted by atomic mass is 16.6. The molecule has 0 aromatic carbocycles. The van der Waals surface area contributed by atoms with Gasteiger partial charge in [-0.25, -0.2) is 29.3 Å². The number of anilines is 1. The van der Waals surface area contributed by atoms with Crippen molar-refractivity contribution in [2.24, 2.45) is 0 Å². The third-order valence-corrected chi connectivity index (χ3v) is 3.02. The highest BCUT2D eigenvalue weighted by molar-refractivity contribution is 5.38. The van der Waals surface area contributed by atoms with Crippen molar-refractivity contribution in [3.8, 4) is 11.6 Å². The SMILES string of the molecule is Nc1ccc(-n2cncn2)nc1.O=[N+]([O-])c1ccc(-n2cncn2)nc1. The first kappa shape index (κ1) is 16.6. The molecule has 4 aromatic heterocycles. The van der Waals surface area contributed by atoms with E-state index in [0.717, 1.165) is 0 Å². The molecule has 12 nitrogen and oxygen atoms in total. The maximum atomic E-state index is 10.3. The van der Waals surface area contributed by atoms with E-state index in [0.29, 0.717) is 17.3 Å². The summed E-state index contributed by atoms with van der Waals surface area (Å²) in [6.45, 7) is 0. The fourth-order valence-corrected chi connectivity index (χ4v) is 1.81. The molecule has 12 heteroatoms. The Morgan fingerprint density at radius 1 is 0.885 bits per heavy atom. The third kappa shape index (κ3) is 4.00. The number of hydrogen-bond acceptors (Lipinski definition) is 9. The number of pyridine rings is 2. The molecule has 0 amide bonds. The van der Waals surface area contributed by atoms with E-state index >= 15 is 0 Å². The van der Waals surface area contributed by atoms with Crippen molar-refractivity contribution < 1.29 is 4.92 Å². The Balaban J connectivity index is 0.000000152. The van der Waals surface area contributed by atoms with Crippen molar-refractivity contribution in [3.05, 3.63) is 72.1 Å². The number of nitrogens with two attached hydrogens (primary N) is 1. The van der Waals surface area contributed by atoms with E-state index in [4.69, 9.17) is 5.73 Å². The summed E-state index contributed by atoms with van der Waals surface area (Å²) >= 11 is 0. The number of rotatable bonds is 3. The molecular formula is C14H12N10O2. The Morgan fingerprint density at radius 2 is 1.46 bits per heavy atom. The average Bonchev–Trinajstić information content (AvgIpc) is 3.37. The van der Waals surface area contributed by atoms with E-state index in [-0.39, 0.29) is 5.69 Å². The molecule has 0 spiro atoms. The van der Waals surface area contributed by atoms with Gasteiger partial charge >= 0.3 is 0 Å². The maximum Gasteiger partial charge on any atom is 0.287 e. The number of nitro groups is 1. The zero-order valence-electron chi connectivity index (χ0n) is 13.2. The smallest absolute Gasteiger partial charge is 0.287 e. The molecule has 0 atom stereocenters. The first-order chi connectivity index (χ1) is 12.6. The van der Waals surface area contributed by atoms with Crippen LogP contribution in [0.3, 0.4) is 0 Å². The van der Waals surface area contributed by atoms with Crippen LogP contribution in [0.1, 0.15) is 0 Å². The predicted octanol–water partition coefficient (Wildman–Crippen LogP) is 0.815. The Morgan fingerprint density at radius 3 is 1.85 bits per heavy atom. The van der Waals surface area contributed by atoms with Crippen LogP contribution >= 0.6 is 0 Å². The van der Waals surface area contributed by atoms with Crippen molar-refractivity contribution in [1.29, 1.82) is 0 Å². The number of nitrogens with zero attached hydrogens (tertiary/aromatic N) is 9. The summed E-state index contributed by atoms with van der Waals surface area (Å²) in [5.74, 6) is 1.20. The summed E-state index contributed by atoms with van der Waals surface area (Å²) in [5.41, 5.74) is 6.06. The van der Waals surface area contributed by atoms with Gasteiger partial charge in [-0.1, -0.05) is 0 Å².